The Morgan fingerprint density at radius 1 is 1.08 bits per heavy atom. The van der Waals surface area contributed by atoms with Crippen molar-refractivity contribution in [3.63, 3.8) is 0 Å². The summed E-state index contributed by atoms with van der Waals surface area (Å²) in [5, 5.41) is 3.09. The van der Waals surface area contributed by atoms with Gasteiger partial charge in [-0.3, -0.25) is 9.69 Å². The molecule has 25 heavy (non-hydrogen) atoms. The quantitative estimate of drug-likeness (QED) is 0.852. The van der Waals surface area contributed by atoms with Crippen LogP contribution in [0.5, 0.6) is 0 Å². The maximum absolute atomic E-state index is 12.8. The first-order chi connectivity index (χ1) is 12.1. The third-order valence-corrected chi connectivity index (χ3v) is 5.07. The molecule has 4 heteroatoms. The van der Waals surface area contributed by atoms with Gasteiger partial charge in [-0.25, -0.2) is 0 Å². The van der Waals surface area contributed by atoms with Crippen LogP contribution in [0.1, 0.15) is 36.9 Å². The first-order valence-corrected chi connectivity index (χ1v) is 9.01. The highest BCUT2D eigenvalue weighted by atomic mass is 16.2. The van der Waals surface area contributed by atoms with E-state index in [1.165, 1.54) is 18.4 Å². The van der Waals surface area contributed by atoms with Crippen LogP contribution in [0.25, 0.3) is 0 Å². The van der Waals surface area contributed by atoms with Crippen LogP contribution in [0.2, 0.25) is 0 Å². The van der Waals surface area contributed by atoms with Crippen molar-refractivity contribution in [2.24, 2.45) is 5.73 Å². The molecular weight excluding hydrogens is 310 g/mol. The average molecular weight is 337 g/mol. The summed E-state index contributed by atoms with van der Waals surface area (Å²) in [4.78, 5) is 15.2. The Balaban J connectivity index is 1.71. The normalized spacial score (nSPS) is 18.5. The number of amides is 1. The minimum absolute atomic E-state index is 0.140. The van der Waals surface area contributed by atoms with E-state index >= 15 is 0 Å². The van der Waals surface area contributed by atoms with Crippen LogP contribution in [0.3, 0.4) is 0 Å². The van der Waals surface area contributed by atoms with Gasteiger partial charge in [-0.1, -0.05) is 60.7 Å². The lowest BCUT2D eigenvalue weighted by molar-refractivity contribution is -0.126. The number of hydrogen-bond acceptors (Lipinski definition) is 3. The summed E-state index contributed by atoms with van der Waals surface area (Å²) in [6.45, 7) is 4.50. The van der Waals surface area contributed by atoms with E-state index < -0.39 is 5.54 Å². The zero-order valence-electron chi connectivity index (χ0n) is 14.8. The lowest BCUT2D eigenvalue weighted by Crippen LogP contribution is -2.50. The van der Waals surface area contributed by atoms with E-state index in [1.807, 2.05) is 36.4 Å². The van der Waals surface area contributed by atoms with E-state index in [1.54, 1.807) is 6.92 Å². The molecule has 0 spiro atoms. The predicted octanol–water partition coefficient (Wildman–Crippen LogP) is 2.81. The van der Waals surface area contributed by atoms with Gasteiger partial charge in [0, 0.05) is 6.54 Å². The second-order valence-electron chi connectivity index (χ2n) is 6.95. The van der Waals surface area contributed by atoms with Crippen LogP contribution in [-0.4, -0.2) is 30.4 Å². The molecule has 0 aliphatic carbocycles. The van der Waals surface area contributed by atoms with Gasteiger partial charge in [0.15, 0.2) is 0 Å². The molecule has 3 rings (SSSR count). The zero-order chi connectivity index (χ0) is 17.7. The summed E-state index contributed by atoms with van der Waals surface area (Å²) in [6, 6.07) is 20.1. The van der Waals surface area contributed by atoms with Crippen molar-refractivity contribution in [1.82, 2.24) is 10.2 Å². The summed E-state index contributed by atoms with van der Waals surface area (Å²) in [6.07, 6.45) is 2.44. The third kappa shape index (κ3) is 4.09. The number of carbonyl (C=O) groups is 1. The molecule has 1 saturated heterocycles. The fourth-order valence-corrected chi connectivity index (χ4v) is 3.47. The molecule has 2 atom stereocenters. The Morgan fingerprint density at radius 3 is 2.24 bits per heavy atom. The van der Waals surface area contributed by atoms with Gasteiger partial charge in [0.2, 0.25) is 5.91 Å². The fraction of sp³-hybridized carbons (Fsp3) is 0.381. The van der Waals surface area contributed by atoms with Gasteiger partial charge in [0.05, 0.1) is 6.04 Å². The van der Waals surface area contributed by atoms with E-state index in [9.17, 15) is 4.79 Å². The molecule has 0 bridgehead atoms. The van der Waals surface area contributed by atoms with Gasteiger partial charge in [-0.05, 0) is 44.0 Å². The van der Waals surface area contributed by atoms with Crippen LogP contribution in [0.15, 0.2) is 60.7 Å². The van der Waals surface area contributed by atoms with Crippen molar-refractivity contribution in [3.8, 4) is 0 Å². The van der Waals surface area contributed by atoms with Gasteiger partial charge in [-0.2, -0.15) is 0 Å². The molecule has 1 amide bonds. The molecule has 1 aliphatic rings. The number of carbonyl (C=O) groups excluding carboxylic acids is 1. The lowest BCUT2D eigenvalue weighted by Gasteiger charge is -2.30. The Labute approximate surface area is 150 Å². The van der Waals surface area contributed by atoms with E-state index in [-0.39, 0.29) is 11.9 Å². The van der Waals surface area contributed by atoms with Crippen LogP contribution in [0, 0.1) is 0 Å². The Morgan fingerprint density at radius 2 is 1.64 bits per heavy atom. The molecule has 0 aromatic heterocycles. The molecular formula is C21H27N3O. The van der Waals surface area contributed by atoms with E-state index in [0.717, 1.165) is 18.7 Å². The molecule has 0 saturated carbocycles. The standard InChI is InChI=1S/C21H27N3O/c1-21(22,18-12-6-3-7-13-18)20(25)23-16-19(24-14-8-9-15-24)17-10-4-2-5-11-17/h2-7,10-13,19H,8-9,14-16,22H2,1H3,(H,23,25). The average Bonchev–Trinajstić information content (AvgIpc) is 3.18. The Hall–Kier alpha value is -2.17. The topological polar surface area (TPSA) is 58.4 Å². The van der Waals surface area contributed by atoms with Gasteiger partial charge >= 0.3 is 0 Å². The van der Waals surface area contributed by atoms with Crippen molar-refractivity contribution in [2.45, 2.75) is 31.3 Å². The second kappa shape index (κ2) is 7.81. The Bertz CT molecular complexity index is 679. The van der Waals surface area contributed by atoms with Crippen molar-refractivity contribution < 1.29 is 4.79 Å². The largest absolute Gasteiger partial charge is 0.352 e. The second-order valence-corrected chi connectivity index (χ2v) is 6.95. The summed E-state index contributed by atoms with van der Waals surface area (Å²) in [5.41, 5.74) is 7.36. The number of nitrogens with zero attached hydrogens (tertiary/aromatic N) is 1. The van der Waals surface area contributed by atoms with E-state index in [4.69, 9.17) is 5.73 Å². The molecule has 1 aliphatic heterocycles. The first-order valence-electron chi connectivity index (χ1n) is 9.01. The molecule has 0 radical (unpaired) electrons. The lowest BCUT2D eigenvalue weighted by atomic mass is 9.92. The van der Waals surface area contributed by atoms with Crippen LogP contribution >= 0.6 is 0 Å². The van der Waals surface area contributed by atoms with E-state index in [2.05, 4.69) is 34.5 Å². The SMILES string of the molecule is CC(N)(C(=O)NCC(c1ccccc1)N1CCCC1)c1ccccc1. The van der Waals surface area contributed by atoms with Crippen LogP contribution in [0.4, 0.5) is 0 Å². The number of benzene rings is 2. The summed E-state index contributed by atoms with van der Waals surface area (Å²) >= 11 is 0. The van der Waals surface area contributed by atoms with Gasteiger partial charge in [0.25, 0.3) is 0 Å². The van der Waals surface area contributed by atoms with Gasteiger partial charge in [-0.15, -0.1) is 0 Å². The molecule has 1 fully saturated rings. The molecule has 1 heterocycles. The smallest absolute Gasteiger partial charge is 0.244 e. The first kappa shape index (κ1) is 17.6. The zero-order valence-corrected chi connectivity index (χ0v) is 14.8. The maximum atomic E-state index is 12.8. The number of likely N-dealkylation sites (tertiary alicyclic amines) is 1. The molecule has 4 nitrogen and oxygen atoms in total. The van der Waals surface area contributed by atoms with Gasteiger partial charge < -0.3 is 11.1 Å². The fourth-order valence-electron chi connectivity index (χ4n) is 3.47. The minimum Gasteiger partial charge on any atom is -0.352 e. The maximum Gasteiger partial charge on any atom is 0.244 e. The highest BCUT2D eigenvalue weighted by Crippen LogP contribution is 2.25. The van der Waals surface area contributed by atoms with Crippen molar-refractivity contribution >= 4 is 5.91 Å². The highest BCUT2D eigenvalue weighted by molar-refractivity contribution is 5.87. The van der Waals surface area contributed by atoms with Crippen molar-refractivity contribution in [2.75, 3.05) is 19.6 Å². The van der Waals surface area contributed by atoms with Gasteiger partial charge in [0.1, 0.15) is 5.54 Å². The molecule has 2 unspecified atom stereocenters. The van der Waals surface area contributed by atoms with E-state index in [0.29, 0.717) is 6.54 Å². The molecule has 2 aromatic rings. The summed E-state index contributed by atoms with van der Waals surface area (Å²) in [7, 11) is 0. The van der Waals surface area contributed by atoms with Crippen molar-refractivity contribution in [1.29, 1.82) is 0 Å². The number of nitrogens with two attached hydrogens (primary N) is 1. The summed E-state index contributed by atoms with van der Waals surface area (Å²) in [5.74, 6) is -0.140. The molecule has 3 N–H and O–H groups in total. The molecule has 132 valence electrons. The third-order valence-electron chi connectivity index (χ3n) is 5.07. The number of rotatable bonds is 6. The monoisotopic (exact) mass is 337 g/mol. The molecule has 2 aromatic carbocycles. The predicted molar refractivity (Wildman–Crippen MR) is 101 cm³/mol. The van der Waals surface area contributed by atoms with Crippen molar-refractivity contribution in [3.05, 3.63) is 71.8 Å². The highest BCUT2D eigenvalue weighted by Gasteiger charge is 2.31. The summed E-state index contributed by atoms with van der Waals surface area (Å²) < 4.78 is 0. The number of hydrogen-bond donors (Lipinski definition) is 2. The van der Waals surface area contributed by atoms with Crippen LogP contribution in [-0.2, 0) is 10.3 Å². The number of nitrogens with one attached hydrogen (secondary N) is 1. The van der Waals surface area contributed by atoms with Crippen LogP contribution < -0.4 is 11.1 Å². The Kier molecular flexibility index (Phi) is 5.51. The minimum atomic E-state index is -1.03.